The van der Waals surface area contributed by atoms with Gasteiger partial charge in [0.2, 0.25) is 5.91 Å². The molecular formula is C26H27NO5. The van der Waals surface area contributed by atoms with Gasteiger partial charge in [-0.05, 0) is 56.9 Å². The Kier molecular flexibility index (Phi) is 5.29. The van der Waals surface area contributed by atoms with E-state index in [9.17, 15) is 4.79 Å². The molecule has 0 radical (unpaired) electrons. The van der Waals surface area contributed by atoms with Crippen molar-refractivity contribution in [2.75, 3.05) is 25.6 Å². The van der Waals surface area contributed by atoms with Crippen molar-refractivity contribution in [1.29, 1.82) is 0 Å². The Morgan fingerprint density at radius 2 is 1.88 bits per heavy atom. The van der Waals surface area contributed by atoms with E-state index in [-0.39, 0.29) is 5.91 Å². The highest BCUT2D eigenvalue weighted by atomic mass is 16.6. The number of aryl methyl sites for hydroxylation is 3. The van der Waals surface area contributed by atoms with Crippen LogP contribution in [-0.2, 0) is 17.6 Å². The van der Waals surface area contributed by atoms with Gasteiger partial charge in [-0.15, -0.1) is 0 Å². The lowest BCUT2D eigenvalue weighted by Gasteiger charge is -2.18. The van der Waals surface area contributed by atoms with Gasteiger partial charge in [0.25, 0.3) is 0 Å². The smallest absolute Gasteiger partial charge is 0.248 e. The molecule has 0 saturated heterocycles. The topological polar surface area (TPSA) is 69.9 Å². The highest BCUT2D eigenvalue weighted by molar-refractivity contribution is 6.05. The first-order chi connectivity index (χ1) is 15.5. The average molecular weight is 434 g/mol. The number of ether oxygens (including phenoxy) is 3. The number of carbonyl (C=O) groups excluding carboxylic acids is 1. The lowest BCUT2D eigenvalue weighted by atomic mass is 9.93. The lowest BCUT2D eigenvalue weighted by Crippen LogP contribution is -2.16. The van der Waals surface area contributed by atoms with Crippen LogP contribution in [0.3, 0.4) is 0 Å². The zero-order valence-electron chi connectivity index (χ0n) is 18.7. The summed E-state index contributed by atoms with van der Waals surface area (Å²) in [6, 6.07) is 7.51. The molecule has 0 bridgehead atoms. The van der Waals surface area contributed by atoms with Gasteiger partial charge in [0.05, 0.1) is 7.11 Å². The van der Waals surface area contributed by atoms with E-state index in [1.54, 1.807) is 19.3 Å². The summed E-state index contributed by atoms with van der Waals surface area (Å²) in [5, 5.41) is 4.05. The van der Waals surface area contributed by atoms with Crippen molar-refractivity contribution in [2.24, 2.45) is 0 Å². The Bertz CT molecular complexity index is 1240. The highest BCUT2D eigenvalue weighted by Gasteiger charge is 2.23. The molecule has 2 heterocycles. The molecule has 32 heavy (non-hydrogen) atoms. The number of nitrogens with one attached hydrogen (secondary N) is 1. The molecule has 0 spiro atoms. The summed E-state index contributed by atoms with van der Waals surface area (Å²) in [7, 11) is 1.66. The Hall–Kier alpha value is -3.41. The molecule has 0 unspecified atom stereocenters. The van der Waals surface area contributed by atoms with E-state index in [1.807, 2.05) is 26.0 Å². The van der Waals surface area contributed by atoms with Gasteiger partial charge in [-0.3, -0.25) is 4.79 Å². The van der Waals surface area contributed by atoms with Crippen LogP contribution >= 0.6 is 0 Å². The number of furan rings is 1. The van der Waals surface area contributed by atoms with Crippen molar-refractivity contribution < 1.29 is 23.4 Å². The van der Waals surface area contributed by atoms with Gasteiger partial charge in [-0.2, -0.15) is 0 Å². The predicted molar refractivity (Wildman–Crippen MR) is 124 cm³/mol. The fourth-order valence-electron chi connectivity index (χ4n) is 4.67. The Morgan fingerprint density at radius 3 is 2.69 bits per heavy atom. The SMILES string of the molecule is COc1c(/C(C)=C/C(=O)Nc2ccc3c(c2)OCCO3)cc2c3c(oc2c1C)CCCC3. The quantitative estimate of drug-likeness (QED) is 0.555. The molecule has 0 atom stereocenters. The zero-order valence-corrected chi connectivity index (χ0v) is 18.7. The van der Waals surface area contributed by atoms with Crippen LogP contribution in [0.15, 0.2) is 34.8 Å². The molecule has 2 aromatic carbocycles. The number of methoxy groups -OCH3 is 1. The van der Waals surface area contributed by atoms with E-state index in [2.05, 4.69) is 11.4 Å². The number of amides is 1. The van der Waals surface area contributed by atoms with Crippen LogP contribution in [0, 0.1) is 6.92 Å². The molecule has 5 rings (SSSR count). The number of benzene rings is 2. The van der Waals surface area contributed by atoms with E-state index in [0.717, 1.165) is 58.4 Å². The van der Waals surface area contributed by atoms with Crippen LogP contribution in [-0.4, -0.2) is 26.2 Å². The summed E-state index contributed by atoms with van der Waals surface area (Å²) in [6.07, 6.45) is 5.95. The number of carbonyl (C=O) groups is 1. The molecule has 1 amide bonds. The van der Waals surface area contributed by atoms with E-state index in [4.69, 9.17) is 18.6 Å². The van der Waals surface area contributed by atoms with Crippen molar-refractivity contribution in [2.45, 2.75) is 39.5 Å². The van der Waals surface area contributed by atoms with Gasteiger partial charge in [-0.25, -0.2) is 0 Å². The monoisotopic (exact) mass is 433 g/mol. The van der Waals surface area contributed by atoms with Crippen LogP contribution in [0.4, 0.5) is 5.69 Å². The summed E-state index contributed by atoms with van der Waals surface area (Å²) in [5.41, 5.74) is 5.55. The van der Waals surface area contributed by atoms with Crippen molar-refractivity contribution in [3.05, 3.63) is 52.8 Å². The van der Waals surface area contributed by atoms with E-state index in [0.29, 0.717) is 30.4 Å². The molecule has 1 N–H and O–H groups in total. The van der Waals surface area contributed by atoms with Gasteiger partial charge in [0, 0.05) is 46.3 Å². The van der Waals surface area contributed by atoms with Gasteiger partial charge in [0.15, 0.2) is 11.5 Å². The third-order valence-corrected chi connectivity index (χ3v) is 6.21. The van der Waals surface area contributed by atoms with Crippen molar-refractivity contribution >= 4 is 28.1 Å². The molecule has 0 fully saturated rings. The van der Waals surface area contributed by atoms with Gasteiger partial charge in [0.1, 0.15) is 30.3 Å². The number of allylic oxidation sites excluding steroid dienone is 1. The van der Waals surface area contributed by atoms with E-state index in [1.165, 1.54) is 12.0 Å². The average Bonchev–Trinajstić information content (AvgIpc) is 3.18. The minimum Gasteiger partial charge on any atom is -0.496 e. The van der Waals surface area contributed by atoms with Crippen molar-refractivity contribution in [3.63, 3.8) is 0 Å². The molecular weight excluding hydrogens is 406 g/mol. The van der Waals surface area contributed by atoms with Gasteiger partial charge in [-0.1, -0.05) is 0 Å². The van der Waals surface area contributed by atoms with Crippen LogP contribution in [0.5, 0.6) is 17.2 Å². The Balaban J connectivity index is 1.46. The van der Waals surface area contributed by atoms with Gasteiger partial charge >= 0.3 is 0 Å². The van der Waals surface area contributed by atoms with E-state index < -0.39 is 0 Å². The minimum atomic E-state index is -0.215. The number of hydrogen-bond donors (Lipinski definition) is 1. The maximum atomic E-state index is 12.8. The maximum absolute atomic E-state index is 12.8. The summed E-state index contributed by atoms with van der Waals surface area (Å²) in [6.45, 7) is 4.98. The number of rotatable bonds is 4. The van der Waals surface area contributed by atoms with Crippen molar-refractivity contribution in [1.82, 2.24) is 0 Å². The summed E-state index contributed by atoms with van der Waals surface area (Å²) in [4.78, 5) is 12.8. The highest BCUT2D eigenvalue weighted by Crippen LogP contribution is 2.41. The first-order valence-electron chi connectivity index (χ1n) is 11.1. The molecule has 2 aliphatic rings. The van der Waals surface area contributed by atoms with Crippen LogP contribution < -0.4 is 19.5 Å². The predicted octanol–water partition coefficient (Wildman–Crippen LogP) is 5.44. The fraction of sp³-hybridized carbons (Fsp3) is 0.346. The molecule has 6 heteroatoms. The molecule has 6 nitrogen and oxygen atoms in total. The van der Waals surface area contributed by atoms with Crippen molar-refractivity contribution in [3.8, 4) is 17.2 Å². The standard InChI is InChI=1S/C26H27NO5/c1-15(12-24(28)27-17-8-9-22-23(13-17)31-11-10-30-22)19-14-20-18-6-4-5-7-21(18)32-26(20)16(2)25(19)29-3/h8-9,12-14H,4-7,10-11H2,1-3H3,(H,27,28)/b15-12+. The third kappa shape index (κ3) is 3.60. The van der Waals surface area contributed by atoms with Gasteiger partial charge < -0.3 is 23.9 Å². The van der Waals surface area contributed by atoms with Crippen LogP contribution in [0.2, 0.25) is 0 Å². The summed E-state index contributed by atoms with van der Waals surface area (Å²) >= 11 is 0. The molecule has 166 valence electrons. The summed E-state index contributed by atoms with van der Waals surface area (Å²) in [5.74, 6) is 2.95. The number of fused-ring (bicyclic) bond motifs is 4. The molecule has 1 aromatic heterocycles. The second-order valence-corrected chi connectivity index (χ2v) is 8.34. The summed E-state index contributed by atoms with van der Waals surface area (Å²) < 4.78 is 23.1. The normalized spacial score (nSPS) is 15.4. The van der Waals surface area contributed by atoms with Crippen LogP contribution in [0.1, 0.15) is 42.2 Å². The largest absolute Gasteiger partial charge is 0.496 e. The Morgan fingerprint density at radius 1 is 1.09 bits per heavy atom. The maximum Gasteiger partial charge on any atom is 0.248 e. The number of hydrogen-bond acceptors (Lipinski definition) is 5. The molecule has 1 aliphatic carbocycles. The Labute approximate surface area is 187 Å². The number of anilines is 1. The molecule has 3 aromatic rings. The zero-order chi connectivity index (χ0) is 22.2. The lowest BCUT2D eigenvalue weighted by molar-refractivity contribution is -0.111. The fourth-order valence-corrected chi connectivity index (χ4v) is 4.67. The minimum absolute atomic E-state index is 0.215. The van der Waals surface area contributed by atoms with Crippen LogP contribution in [0.25, 0.3) is 16.5 Å². The molecule has 1 aliphatic heterocycles. The second-order valence-electron chi connectivity index (χ2n) is 8.34. The second kappa shape index (κ2) is 8.26. The third-order valence-electron chi connectivity index (χ3n) is 6.21. The first kappa shape index (κ1) is 20.5. The van der Waals surface area contributed by atoms with E-state index >= 15 is 0 Å². The molecule has 0 saturated carbocycles. The first-order valence-corrected chi connectivity index (χ1v) is 11.1.